The van der Waals surface area contributed by atoms with E-state index in [1.54, 1.807) is 0 Å². The van der Waals surface area contributed by atoms with Crippen LogP contribution in [0, 0.1) is 5.92 Å². The van der Waals surface area contributed by atoms with E-state index >= 15 is 0 Å². The number of likely N-dealkylation sites (tertiary alicyclic amines) is 1. The molecule has 2 atom stereocenters. The molecule has 0 saturated carbocycles. The molecule has 0 amide bonds. The first kappa shape index (κ1) is 21.1. The SMILES string of the molecule is CCNC(=NCC1CCCN(C)C1c1cccs1)N1CCN(c2ncccn2)CC1. The highest BCUT2D eigenvalue weighted by atomic mass is 32.1. The number of guanidine groups is 1. The van der Waals surface area contributed by atoms with Crippen LogP contribution in [0.1, 0.15) is 30.7 Å². The summed E-state index contributed by atoms with van der Waals surface area (Å²) in [4.78, 5) is 22.5. The van der Waals surface area contributed by atoms with Crippen molar-refractivity contribution in [3.05, 3.63) is 40.8 Å². The van der Waals surface area contributed by atoms with Gasteiger partial charge in [0, 0.05) is 62.6 Å². The minimum atomic E-state index is 0.484. The van der Waals surface area contributed by atoms with Crippen LogP contribution in [0.5, 0.6) is 0 Å². The molecule has 2 aromatic rings. The van der Waals surface area contributed by atoms with E-state index in [1.807, 2.05) is 29.8 Å². The average molecular weight is 428 g/mol. The van der Waals surface area contributed by atoms with Crippen molar-refractivity contribution in [2.45, 2.75) is 25.8 Å². The Bertz CT molecular complexity index is 787. The van der Waals surface area contributed by atoms with Crippen molar-refractivity contribution >= 4 is 23.2 Å². The summed E-state index contributed by atoms with van der Waals surface area (Å²) in [6.07, 6.45) is 6.12. The lowest BCUT2D eigenvalue weighted by Gasteiger charge is -2.39. The molecule has 4 rings (SSSR count). The van der Waals surface area contributed by atoms with E-state index in [9.17, 15) is 0 Å². The first-order valence-corrected chi connectivity index (χ1v) is 11.9. The highest BCUT2D eigenvalue weighted by molar-refractivity contribution is 7.10. The van der Waals surface area contributed by atoms with E-state index < -0.39 is 0 Å². The molecule has 2 fully saturated rings. The second-order valence-corrected chi connectivity index (χ2v) is 9.04. The molecule has 0 spiro atoms. The summed E-state index contributed by atoms with van der Waals surface area (Å²) in [5.74, 6) is 2.43. The van der Waals surface area contributed by atoms with Gasteiger partial charge in [0.05, 0.1) is 0 Å². The zero-order valence-electron chi connectivity index (χ0n) is 18.1. The summed E-state index contributed by atoms with van der Waals surface area (Å²) >= 11 is 1.87. The van der Waals surface area contributed by atoms with Gasteiger partial charge in [0.25, 0.3) is 0 Å². The molecule has 2 unspecified atom stereocenters. The van der Waals surface area contributed by atoms with Crippen LogP contribution in [0.4, 0.5) is 5.95 Å². The summed E-state index contributed by atoms with van der Waals surface area (Å²) in [6, 6.07) is 6.80. The van der Waals surface area contributed by atoms with Crippen LogP contribution in [-0.2, 0) is 0 Å². The van der Waals surface area contributed by atoms with Crippen LogP contribution in [0.3, 0.4) is 0 Å². The number of piperidine rings is 1. The number of piperazine rings is 1. The van der Waals surface area contributed by atoms with Crippen molar-refractivity contribution in [1.29, 1.82) is 0 Å². The molecule has 30 heavy (non-hydrogen) atoms. The molecule has 0 aromatic carbocycles. The number of nitrogens with zero attached hydrogens (tertiary/aromatic N) is 6. The first-order chi connectivity index (χ1) is 14.8. The molecule has 1 N–H and O–H groups in total. The second kappa shape index (κ2) is 10.2. The summed E-state index contributed by atoms with van der Waals surface area (Å²) in [6.45, 7) is 8.78. The predicted molar refractivity (Wildman–Crippen MR) is 124 cm³/mol. The number of nitrogens with one attached hydrogen (secondary N) is 1. The van der Waals surface area contributed by atoms with Gasteiger partial charge in [-0.05, 0) is 56.8 Å². The third kappa shape index (κ3) is 4.92. The molecule has 0 radical (unpaired) electrons. The number of aliphatic imine (C=N–C) groups is 1. The van der Waals surface area contributed by atoms with Crippen LogP contribution >= 0.6 is 11.3 Å². The van der Waals surface area contributed by atoms with Crippen molar-refractivity contribution in [2.75, 3.05) is 57.8 Å². The van der Waals surface area contributed by atoms with Crippen molar-refractivity contribution in [3.8, 4) is 0 Å². The van der Waals surface area contributed by atoms with Crippen LogP contribution < -0.4 is 10.2 Å². The van der Waals surface area contributed by atoms with Gasteiger partial charge in [0.15, 0.2) is 5.96 Å². The van der Waals surface area contributed by atoms with Crippen LogP contribution in [-0.4, -0.2) is 78.6 Å². The fourth-order valence-electron chi connectivity index (χ4n) is 4.56. The third-order valence-electron chi connectivity index (χ3n) is 6.07. The molecule has 2 aliphatic rings. The number of aromatic nitrogens is 2. The lowest BCUT2D eigenvalue weighted by molar-refractivity contribution is 0.128. The maximum absolute atomic E-state index is 5.11. The summed E-state index contributed by atoms with van der Waals surface area (Å²) in [7, 11) is 2.26. The Morgan fingerprint density at radius 3 is 2.67 bits per heavy atom. The van der Waals surface area contributed by atoms with Gasteiger partial charge < -0.3 is 15.1 Å². The second-order valence-electron chi connectivity index (χ2n) is 8.06. The number of anilines is 1. The minimum absolute atomic E-state index is 0.484. The fourth-order valence-corrected chi connectivity index (χ4v) is 5.55. The van der Waals surface area contributed by atoms with E-state index in [0.717, 1.165) is 51.2 Å². The van der Waals surface area contributed by atoms with Gasteiger partial charge in [-0.15, -0.1) is 11.3 Å². The van der Waals surface area contributed by atoms with Crippen LogP contribution in [0.15, 0.2) is 41.0 Å². The average Bonchev–Trinajstić information content (AvgIpc) is 3.32. The van der Waals surface area contributed by atoms with E-state index in [0.29, 0.717) is 12.0 Å². The molecule has 162 valence electrons. The van der Waals surface area contributed by atoms with Crippen LogP contribution in [0.2, 0.25) is 0 Å². The third-order valence-corrected chi connectivity index (χ3v) is 7.01. The highest BCUT2D eigenvalue weighted by Gasteiger charge is 2.31. The Kier molecular flexibility index (Phi) is 7.17. The topological polar surface area (TPSA) is 59.9 Å². The van der Waals surface area contributed by atoms with Crippen molar-refractivity contribution in [2.24, 2.45) is 10.9 Å². The van der Waals surface area contributed by atoms with Gasteiger partial charge in [0.1, 0.15) is 0 Å². The van der Waals surface area contributed by atoms with E-state index in [1.165, 1.54) is 24.3 Å². The Morgan fingerprint density at radius 2 is 1.97 bits per heavy atom. The molecule has 2 aromatic heterocycles. The number of hydrogen-bond acceptors (Lipinski definition) is 6. The summed E-state index contributed by atoms with van der Waals surface area (Å²) < 4.78 is 0. The van der Waals surface area contributed by atoms with E-state index in [2.05, 4.69) is 61.5 Å². The Hall–Kier alpha value is -2.19. The maximum atomic E-state index is 5.11. The Labute approximate surface area is 183 Å². The van der Waals surface area contributed by atoms with Gasteiger partial charge in [0.2, 0.25) is 5.95 Å². The molecule has 2 saturated heterocycles. The lowest BCUT2D eigenvalue weighted by atomic mass is 9.88. The fraction of sp³-hybridized carbons (Fsp3) is 0.591. The van der Waals surface area contributed by atoms with Gasteiger partial charge in [-0.2, -0.15) is 0 Å². The Balaban J connectivity index is 1.41. The molecule has 4 heterocycles. The normalized spacial score (nSPS) is 23.6. The monoisotopic (exact) mass is 427 g/mol. The standard InChI is InChI=1S/C22H33N7S/c1-3-23-21(28-12-14-29(15-13-28)22-24-9-6-10-25-22)26-17-18-7-4-11-27(2)20(18)19-8-5-16-30-19/h5-6,8-10,16,18,20H,3-4,7,11-15,17H2,1-2H3,(H,23,26). The van der Waals surface area contributed by atoms with Crippen LogP contribution in [0.25, 0.3) is 0 Å². The van der Waals surface area contributed by atoms with Crippen molar-refractivity contribution in [3.63, 3.8) is 0 Å². The molecular formula is C22H33N7S. The molecule has 0 aliphatic carbocycles. The van der Waals surface area contributed by atoms with Gasteiger partial charge in [-0.1, -0.05) is 6.07 Å². The van der Waals surface area contributed by atoms with Crippen molar-refractivity contribution < 1.29 is 0 Å². The van der Waals surface area contributed by atoms with E-state index in [-0.39, 0.29) is 0 Å². The minimum Gasteiger partial charge on any atom is -0.357 e. The lowest BCUT2D eigenvalue weighted by Crippen LogP contribution is -2.53. The zero-order chi connectivity index (χ0) is 20.8. The van der Waals surface area contributed by atoms with Gasteiger partial charge in [-0.3, -0.25) is 9.89 Å². The molecule has 8 heteroatoms. The zero-order valence-corrected chi connectivity index (χ0v) is 18.9. The Morgan fingerprint density at radius 1 is 1.17 bits per heavy atom. The molecule has 0 bridgehead atoms. The highest BCUT2D eigenvalue weighted by Crippen LogP contribution is 2.37. The molecule has 7 nitrogen and oxygen atoms in total. The largest absolute Gasteiger partial charge is 0.357 e. The van der Waals surface area contributed by atoms with Crippen molar-refractivity contribution in [1.82, 2.24) is 25.1 Å². The van der Waals surface area contributed by atoms with E-state index in [4.69, 9.17) is 4.99 Å². The number of rotatable bonds is 5. The first-order valence-electron chi connectivity index (χ1n) is 11.0. The summed E-state index contributed by atoms with van der Waals surface area (Å²) in [5, 5.41) is 5.72. The quantitative estimate of drug-likeness (QED) is 0.585. The van der Waals surface area contributed by atoms with Gasteiger partial charge in [-0.25, -0.2) is 9.97 Å². The predicted octanol–water partition coefficient (Wildman–Crippen LogP) is 2.71. The number of hydrogen-bond donors (Lipinski definition) is 1. The number of thiophene rings is 1. The van der Waals surface area contributed by atoms with Gasteiger partial charge >= 0.3 is 0 Å². The summed E-state index contributed by atoms with van der Waals surface area (Å²) in [5.41, 5.74) is 0. The molecular weight excluding hydrogens is 394 g/mol. The smallest absolute Gasteiger partial charge is 0.225 e. The molecule has 2 aliphatic heterocycles. The maximum Gasteiger partial charge on any atom is 0.225 e.